The molecule has 21 heavy (non-hydrogen) atoms. The topological polar surface area (TPSA) is 74.5 Å². The van der Waals surface area contributed by atoms with Gasteiger partial charge >= 0.3 is 6.36 Å². The average Bonchev–Trinajstić information content (AvgIpc) is 2.37. The Kier molecular flexibility index (Phi) is 3.92. The Morgan fingerprint density at radius 2 is 1.86 bits per heavy atom. The van der Waals surface area contributed by atoms with E-state index in [1.54, 1.807) is 0 Å². The molecule has 0 atom stereocenters. The maximum atomic E-state index is 12.1. The number of halogens is 3. The van der Waals surface area contributed by atoms with Gasteiger partial charge in [0, 0.05) is 18.2 Å². The highest BCUT2D eigenvalue weighted by atomic mass is 19.4. The number of hydrogen-bond acceptors (Lipinski definition) is 5. The van der Waals surface area contributed by atoms with Crippen molar-refractivity contribution >= 4 is 5.69 Å². The molecular formula is C12H7F3N2O4. The molecule has 0 aliphatic rings. The lowest BCUT2D eigenvalue weighted by atomic mass is 10.3. The lowest BCUT2D eigenvalue weighted by Crippen LogP contribution is -2.17. The quantitative estimate of drug-likeness (QED) is 0.636. The van der Waals surface area contributed by atoms with E-state index in [4.69, 9.17) is 4.74 Å². The number of nitrogens with zero attached hydrogens (tertiary/aromatic N) is 2. The first-order chi connectivity index (χ1) is 9.83. The summed E-state index contributed by atoms with van der Waals surface area (Å²) in [5, 5.41) is 10.4. The minimum absolute atomic E-state index is 0.00441. The highest BCUT2D eigenvalue weighted by molar-refractivity contribution is 5.36. The van der Waals surface area contributed by atoms with Crippen molar-refractivity contribution in [3.63, 3.8) is 0 Å². The van der Waals surface area contributed by atoms with Gasteiger partial charge in [0.2, 0.25) is 5.88 Å². The molecule has 1 aromatic carbocycles. The van der Waals surface area contributed by atoms with E-state index in [9.17, 15) is 23.3 Å². The molecular weight excluding hydrogens is 293 g/mol. The first kappa shape index (κ1) is 14.6. The van der Waals surface area contributed by atoms with Gasteiger partial charge in [-0.3, -0.25) is 10.1 Å². The van der Waals surface area contributed by atoms with E-state index in [2.05, 4.69) is 9.72 Å². The van der Waals surface area contributed by atoms with Gasteiger partial charge in [-0.05, 0) is 12.1 Å². The number of rotatable bonds is 4. The van der Waals surface area contributed by atoms with E-state index in [0.717, 1.165) is 18.3 Å². The predicted octanol–water partition coefficient (Wildman–Crippen LogP) is 3.68. The van der Waals surface area contributed by atoms with Crippen LogP contribution in [0.5, 0.6) is 17.4 Å². The van der Waals surface area contributed by atoms with Crippen LogP contribution in [0.4, 0.5) is 18.9 Å². The van der Waals surface area contributed by atoms with Crippen LogP contribution in [0.3, 0.4) is 0 Å². The van der Waals surface area contributed by atoms with E-state index in [0.29, 0.717) is 0 Å². The lowest BCUT2D eigenvalue weighted by molar-refractivity contribution is -0.385. The molecule has 0 radical (unpaired) electrons. The zero-order valence-corrected chi connectivity index (χ0v) is 10.2. The molecule has 0 saturated carbocycles. The summed E-state index contributed by atoms with van der Waals surface area (Å²) in [6.45, 7) is 0. The van der Waals surface area contributed by atoms with Gasteiger partial charge in [-0.1, -0.05) is 6.07 Å². The number of alkyl halides is 3. The number of nitro groups is 1. The Labute approximate surface area is 115 Å². The molecule has 0 unspecified atom stereocenters. The van der Waals surface area contributed by atoms with E-state index in [1.807, 2.05) is 0 Å². The van der Waals surface area contributed by atoms with Crippen molar-refractivity contribution in [2.75, 3.05) is 0 Å². The van der Waals surface area contributed by atoms with Gasteiger partial charge in [0.25, 0.3) is 5.69 Å². The van der Waals surface area contributed by atoms with Gasteiger partial charge in [0.15, 0.2) is 0 Å². The summed E-state index contributed by atoms with van der Waals surface area (Å²) < 4.78 is 45.2. The third-order valence-corrected chi connectivity index (χ3v) is 2.19. The van der Waals surface area contributed by atoms with Crippen molar-refractivity contribution in [3.05, 3.63) is 52.7 Å². The summed E-state index contributed by atoms with van der Waals surface area (Å²) in [5.74, 6) is -0.384. The van der Waals surface area contributed by atoms with Gasteiger partial charge in [-0.15, -0.1) is 13.2 Å². The molecule has 2 rings (SSSR count). The molecule has 0 aliphatic carbocycles. The average molecular weight is 300 g/mol. The van der Waals surface area contributed by atoms with Gasteiger partial charge in [-0.25, -0.2) is 4.98 Å². The van der Waals surface area contributed by atoms with E-state index >= 15 is 0 Å². The first-order valence-corrected chi connectivity index (χ1v) is 5.47. The van der Waals surface area contributed by atoms with Crippen molar-refractivity contribution in [2.45, 2.75) is 6.36 Å². The summed E-state index contributed by atoms with van der Waals surface area (Å²) in [6, 6.07) is 7.24. The van der Waals surface area contributed by atoms with Crippen LogP contribution in [0.15, 0.2) is 42.6 Å². The Morgan fingerprint density at radius 1 is 1.14 bits per heavy atom. The molecule has 0 spiro atoms. The Hall–Kier alpha value is -2.84. The smallest absolute Gasteiger partial charge is 0.439 e. The second kappa shape index (κ2) is 5.65. The number of ether oxygens (including phenoxy) is 2. The van der Waals surface area contributed by atoms with Crippen LogP contribution in [0.1, 0.15) is 0 Å². The Balaban J connectivity index is 2.12. The van der Waals surface area contributed by atoms with Gasteiger partial charge in [0.05, 0.1) is 4.92 Å². The summed E-state index contributed by atoms with van der Waals surface area (Å²) in [6.07, 6.45) is -3.82. The predicted molar refractivity (Wildman–Crippen MR) is 64.1 cm³/mol. The van der Waals surface area contributed by atoms with Crippen molar-refractivity contribution in [1.82, 2.24) is 4.98 Å². The van der Waals surface area contributed by atoms with Crippen molar-refractivity contribution in [2.24, 2.45) is 0 Å². The van der Waals surface area contributed by atoms with Crippen molar-refractivity contribution in [1.29, 1.82) is 0 Å². The van der Waals surface area contributed by atoms with Gasteiger partial charge in [-0.2, -0.15) is 0 Å². The molecule has 1 heterocycles. The van der Waals surface area contributed by atoms with Crippen LogP contribution in [-0.4, -0.2) is 16.3 Å². The molecule has 0 bridgehead atoms. The fourth-order valence-corrected chi connectivity index (χ4v) is 1.40. The van der Waals surface area contributed by atoms with Crippen LogP contribution in [0, 0.1) is 10.1 Å². The van der Waals surface area contributed by atoms with E-state index in [1.165, 1.54) is 24.3 Å². The normalized spacial score (nSPS) is 11.0. The summed E-state index contributed by atoms with van der Waals surface area (Å²) in [5.41, 5.74) is -0.225. The minimum atomic E-state index is -4.80. The SMILES string of the molecule is O=[N+]([O-])c1ccc(Oc2cccc(OC(F)(F)F)c2)nc1. The molecule has 2 aromatic rings. The summed E-state index contributed by atoms with van der Waals surface area (Å²) in [7, 11) is 0. The zero-order valence-electron chi connectivity index (χ0n) is 10.2. The number of hydrogen-bond donors (Lipinski definition) is 0. The summed E-state index contributed by atoms with van der Waals surface area (Å²) >= 11 is 0. The molecule has 0 aliphatic heterocycles. The molecule has 0 saturated heterocycles. The standard InChI is InChI=1S/C12H7F3N2O4/c13-12(14,15)21-10-3-1-2-9(6-10)20-11-5-4-8(7-16-11)17(18)19/h1-7H. The van der Waals surface area contributed by atoms with Crippen LogP contribution >= 0.6 is 0 Å². The number of pyridine rings is 1. The number of aromatic nitrogens is 1. The van der Waals surface area contributed by atoms with Crippen LogP contribution in [0.2, 0.25) is 0 Å². The molecule has 0 N–H and O–H groups in total. The fourth-order valence-electron chi connectivity index (χ4n) is 1.40. The van der Waals surface area contributed by atoms with Crippen molar-refractivity contribution < 1.29 is 27.6 Å². The van der Waals surface area contributed by atoms with Crippen molar-refractivity contribution in [3.8, 4) is 17.4 Å². The lowest BCUT2D eigenvalue weighted by Gasteiger charge is -2.10. The molecule has 6 nitrogen and oxygen atoms in total. The Bertz CT molecular complexity index is 644. The van der Waals surface area contributed by atoms with E-state index in [-0.39, 0.29) is 17.3 Å². The first-order valence-electron chi connectivity index (χ1n) is 5.47. The third kappa shape index (κ3) is 4.34. The fraction of sp³-hybridized carbons (Fsp3) is 0.0833. The monoisotopic (exact) mass is 300 g/mol. The van der Waals surface area contributed by atoms with Crippen LogP contribution < -0.4 is 9.47 Å². The van der Waals surface area contributed by atoms with Crippen LogP contribution in [-0.2, 0) is 0 Å². The molecule has 9 heteroatoms. The Morgan fingerprint density at radius 3 is 2.43 bits per heavy atom. The molecule has 0 fully saturated rings. The second-order valence-corrected chi connectivity index (χ2v) is 3.74. The van der Waals surface area contributed by atoms with Crippen LogP contribution in [0.25, 0.3) is 0 Å². The second-order valence-electron chi connectivity index (χ2n) is 3.74. The molecule has 1 aromatic heterocycles. The highest BCUT2D eigenvalue weighted by Gasteiger charge is 2.31. The molecule has 110 valence electrons. The van der Waals surface area contributed by atoms with Gasteiger partial charge in [0.1, 0.15) is 17.7 Å². The minimum Gasteiger partial charge on any atom is -0.439 e. The molecule has 0 amide bonds. The third-order valence-electron chi connectivity index (χ3n) is 2.19. The van der Waals surface area contributed by atoms with E-state index < -0.39 is 17.0 Å². The largest absolute Gasteiger partial charge is 0.573 e. The highest BCUT2D eigenvalue weighted by Crippen LogP contribution is 2.28. The summed E-state index contributed by atoms with van der Waals surface area (Å²) in [4.78, 5) is 13.5. The van der Waals surface area contributed by atoms with Gasteiger partial charge < -0.3 is 9.47 Å². The maximum absolute atomic E-state index is 12.1. The zero-order chi connectivity index (χ0) is 15.5. The number of benzene rings is 1. The maximum Gasteiger partial charge on any atom is 0.573 e.